The molecular formula is C23H30Cl3N5O5. The monoisotopic (exact) mass is 561 g/mol. The van der Waals surface area contributed by atoms with E-state index < -0.39 is 41.9 Å². The lowest BCUT2D eigenvalue weighted by Crippen LogP contribution is -2.51. The van der Waals surface area contributed by atoms with Crippen LogP contribution >= 0.6 is 34.8 Å². The van der Waals surface area contributed by atoms with Crippen LogP contribution in [0.1, 0.15) is 41.0 Å². The number of ether oxygens (including phenoxy) is 2. The van der Waals surface area contributed by atoms with Gasteiger partial charge < -0.3 is 19.7 Å². The second-order valence-corrected chi connectivity index (χ2v) is 10.2. The molecule has 198 valence electrons. The van der Waals surface area contributed by atoms with Crippen molar-refractivity contribution in [1.82, 2.24) is 19.9 Å². The van der Waals surface area contributed by atoms with E-state index in [-0.39, 0.29) is 24.3 Å². The highest BCUT2D eigenvalue weighted by atomic mass is 35.5. The number of carbonyl (C=O) groups is 3. The Morgan fingerprint density at radius 3 is 2.44 bits per heavy atom. The number of rotatable bonds is 11. The van der Waals surface area contributed by atoms with Crippen LogP contribution in [0.4, 0.5) is 5.69 Å². The predicted molar refractivity (Wildman–Crippen MR) is 138 cm³/mol. The van der Waals surface area contributed by atoms with E-state index in [1.54, 1.807) is 32.9 Å². The fourth-order valence-electron chi connectivity index (χ4n) is 3.15. The first-order chi connectivity index (χ1) is 16.8. The minimum Gasteiger partial charge on any atom is -0.458 e. The molecule has 1 N–H and O–H groups in total. The molecule has 0 radical (unpaired) electrons. The lowest BCUT2D eigenvalue weighted by molar-refractivity contribution is -0.165. The lowest BCUT2D eigenvalue weighted by atomic mass is 10.1. The number of carbonyl (C=O) groups excluding carboxylic acids is 3. The molecular weight excluding hydrogens is 533 g/mol. The van der Waals surface area contributed by atoms with E-state index in [1.807, 2.05) is 13.8 Å². The molecule has 2 aromatic rings. The SMILES string of the molecule is CC(C)OCC[C@@H](C(=O)OC(C)(C)C)N(CC(=O)Nc1cc(Cl)ccc1-n1cc(Cl)nn1)C(=O)CCl. The Hall–Kier alpha value is -2.40. The van der Waals surface area contributed by atoms with Crippen molar-refractivity contribution < 1.29 is 23.9 Å². The molecule has 0 saturated carbocycles. The van der Waals surface area contributed by atoms with Crippen molar-refractivity contribution in [1.29, 1.82) is 0 Å². The molecule has 10 nitrogen and oxygen atoms in total. The Balaban J connectivity index is 2.31. The van der Waals surface area contributed by atoms with Gasteiger partial charge in [0, 0.05) is 18.1 Å². The number of hydrogen-bond acceptors (Lipinski definition) is 7. The van der Waals surface area contributed by atoms with Crippen LogP contribution < -0.4 is 5.32 Å². The molecule has 0 aliphatic heterocycles. The first-order valence-corrected chi connectivity index (χ1v) is 12.5. The summed E-state index contributed by atoms with van der Waals surface area (Å²) in [6, 6.07) is 3.66. The van der Waals surface area contributed by atoms with Crippen molar-refractivity contribution in [2.75, 3.05) is 24.3 Å². The van der Waals surface area contributed by atoms with E-state index in [0.717, 1.165) is 4.90 Å². The number of nitrogens with one attached hydrogen (secondary N) is 1. The smallest absolute Gasteiger partial charge is 0.329 e. The summed E-state index contributed by atoms with van der Waals surface area (Å²) in [5.41, 5.74) is -0.0679. The minimum atomic E-state index is -1.09. The molecule has 2 amide bonds. The lowest BCUT2D eigenvalue weighted by Gasteiger charge is -2.32. The van der Waals surface area contributed by atoms with E-state index in [2.05, 4.69) is 15.6 Å². The third-order valence-corrected chi connectivity index (χ3v) is 5.23. The van der Waals surface area contributed by atoms with E-state index in [0.29, 0.717) is 16.4 Å². The van der Waals surface area contributed by atoms with Gasteiger partial charge in [0.1, 0.15) is 24.1 Å². The fourth-order valence-corrected chi connectivity index (χ4v) is 3.60. The van der Waals surface area contributed by atoms with E-state index in [9.17, 15) is 14.4 Å². The van der Waals surface area contributed by atoms with Gasteiger partial charge in [-0.3, -0.25) is 9.59 Å². The number of esters is 1. The number of alkyl halides is 1. The van der Waals surface area contributed by atoms with Gasteiger partial charge in [0.15, 0.2) is 5.15 Å². The van der Waals surface area contributed by atoms with Gasteiger partial charge in [0.05, 0.1) is 23.7 Å². The topological polar surface area (TPSA) is 116 Å². The molecule has 36 heavy (non-hydrogen) atoms. The quantitative estimate of drug-likeness (QED) is 0.324. The van der Waals surface area contributed by atoms with Gasteiger partial charge in [0.2, 0.25) is 11.8 Å². The molecule has 2 rings (SSSR count). The Kier molecular flexibility index (Phi) is 11.0. The Bertz CT molecular complexity index is 1070. The Labute approximate surface area is 225 Å². The average Bonchev–Trinajstić information content (AvgIpc) is 3.19. The van der Waals surface area contributed by atoms with Crippen LogP contribution in [-0.2, 0) is 23.9 Å². The van der Waals surface area contributed by atoms with Crippen molar-refractivity contribution in [3.63, 3.8) is 0 Å². The van der Waals surface area contributed by atoms with Crippen LogP contribution in [0.5, 0.6) is 0 Å². The van der Waals surface area contributed by atoms with Crippen molar-refractivity contribution in [2.24, 2.45) is 0 Å². The summed E-state index contributed by atoms with van der Waals surface area (Å²) in [6.45, 7) is 8.53. The molecule has 0 unspecified atom stereocenters. The zero-order valence-corrected chi connectivity index (χ0v) is 23.0. The first-order valence-electron chi connectivity index (χ1n) is 11.2. The van der Waals surface area contributed by atoms with Gasteiger partial charge in [-0.1, -0.05) is 28.4 Å². The first kappa shape index (κ1) is 29.8. The van der Waals surface area contributed by atoms with Gasteiger partial charge >= 0.3 is 5.97 Å². The molecule has 0 bridgehead atoms. The van der Waals surface area contributed by atoms with Gasteiger partial charge in [-0.05, 0) is 52.8 Å². The molecule has 0 aliphatic rings. The van der Waals surface area contributed by atoms with Crippen molar-refractivity contribution in [3.05, 3.63) is 34.6 Å². The van der Waals surface area contributed by atoms with Crippen molar-refractivity contribution in [2.45, 2.75) is 58.8 Å². The van der Waals surface area contributed by atoms with E-state index in [1.165, 1.54) is 16.9 Å². The number of nitrogens with zero attached hydrogens (tertiary/aromatic N) is 4. The van der Waals surface area contributed by atoms with Crippen LogP contribution in [0.3, 0.4) is 0 Å². The van der Waals surface area contributed by atoms with Crippen LogP contribution in [0.15, 0.2) is 24.4 Å². The summed E-state index contributed by atoms with van der Waals surface area (Å²) in [5.74, 6) is -2.30. The summed E-state index contributed by atoms with van der Waals surface area (Å²) in [7, 11) is 0. The molecule has 0 spiro atoms. The van der Waals surface area contributed by atoms with E-state index in [4.69, 9.17) is 44.3 Å². The zero-order valence-electron chi connectivity index (χ0n) is 20.8. The number of anilines is 1. The second kappa shape index (κ2) is 13.2. The number of amides is 2. The normalized spacial score (nSPS) is 12.4. The third kappa shape index (κ3) is 9.24. The van der Waals surface area contributed by atoms with Crippen LogP contribution in [-0.4, -0.2) is 74.5 Å². The standard InChI is InChI=1S/C23H30Cl3N5O5/c1-14(2)35-9-8-18(22(34)36-23(3,4)5)30(21(33)11-24)13-20(32)27-16-10-15(25)6-7-17(16)31-12-19(26)28-29-31/h6-7,10,12,14,18H,8-9,11,13H2,1-5H3,(H,27,32)/t18-/m0/s1. The second-order valence-electron chi connectivity index (χ2n) is 9.11. The zero-order chi connectivity index (χ0) is 27.0. The molecule has 0 aliphatic carbocycles. The molecule has 0 fully saturated rings. The predicted octanol–water partition coefficient (Wildman–Crippen LogP) is 4.11. The largest absolute Gasteiger partial charge is 0.458 e. The Morgan fingerprint density at radius 1 is 1.19 bits per heavy atom. The van der Waals surface area contributed by atoms with Crippen molar-refractivity contribution in [3.8, 4) is 5.69 Å². The molecule has 13 heteroatoms. The van der Waals surface area contributed by atoms with Gasteiger partial charge in [-0.2, -0.15) is 0 Å². The minimum absolute atomic E-state index is 0.0868. The number of hydrogen-bond donors (Lipinski definition) is 1. The summed E-state index contributed by atoms with van der Waals surface area (Å²) < 4.78 is 12.5. The highest BCUT2D eigenvalue weighted by molar-refractivity contribution is 6.31. The molecule has 1 aromatic carbocycles. The molecule has 1 heterocycles. The van der Waals surface area contributed by atoms with Crippen LogP contribution in [0, 0.1) is 0 Å². The van der Waals surface area contributed by atoms with Gasteiger partial charge in [-0.25, -0.2) is 9.48 Å². The average molecular weight is 563 g/mol. The summed E-state index contributed by atoms with van der Waals surface area (Å²) >= 11 is 17.8. The fraction of sp³-hybridized carbons (Fsp3) is 0.522. The van der Waals surface area contributed by atoms with Crippen LogP contribution in [0.2, 0.25) is 10.2 Å². The molecule has 1 aromatic heterocycles. The van der Waals surface area contributed by atoms with Crippen molar-refractivity contribution >= 4 is 58.3 Å². The highest BCUT2D eigenvalue weighted by Crippen LogP contribution is 2.25. The summed E-state index contributed by atoms with van der Waals surface area (Å²) in [5, 5.41) is 10.9. The maximum absolute atomic E-state index is 13.1. The number of benzene rings is 1. The summed E-state index contributed by atoms with van der Waals surface area (Å²) in [4.78, 5) is 40.0. The maximum Gasteiger partial charge on any atom is 0.329 e. The Morgan fingerprint density at radius 2 is 1.89 bits per heavy atom. The van der Waals surface area contributed by atoms with Gasteiger partial charge in [-0.15, -0.1) is 16.7 Å². The third-order valence-electron chi connectivity index (χ3n) is 4.59. The molecule has 0 saturated heterocycles. The maximum atomic E-state index is 13.1. The molecule has 1 atom stereocenters. The number of halogens is 3. The highest BCUT2D eigenvalue weighted by Gasteiger charge is 2.34. The van der Waals surface area contributed by atoms with Crippen LogP contribution in [0.25, 0.3) is 5.69 Å². The summed E-state index contributed by atoms with van der Waals surface area (Å²) in [6.07, 6.45) is 1.48. The number of aromatic nitrogens is 3. The van der Waals surface area contributed by atoms with Gasteiger partial charge in [0.25, 0.3) is 0 Å². The van der Waals surface area contributed by atoms with E-state index >= 15 is 0 Å².